The summed E-state index contributed by atoms with van der Waals surface area (Å²) in [6, 6.07) is 10.5. The van der Waals surface area contributed by atoms with E-state index in [-0.39, 0.29) is 11.8 Å². The van der Waals surface area contributed by atoms with Gasteiger partial charge in [-0.05, 0) is 30.9 Å². The van der Waals surface area contributed by atoms with E-state index >= 15 is 0 Å². The Kier molecular flexibility index (Phi) is 6.89. The van der Waals surface area contributed by atoms with Gasteiger partial charge in [0.25, 0.3) is 0 Å². The molecule has 0 atom stereocenters. The number of anilines is 1. The summed E-state index contributed by atoms with van der Waals surface area (Å²) in [6.45, 7) is 4.91. The maximum absolute atomic E-state index is 12.0. The summed E-state index contributed by atoms with van der Waals surface area (Å²) >= 11 is 0. The Hall–Kier alpha value is -2.08. The number of hydrogen-bond donors (Lipinski definition) is 3. The molecule has 0 bridgehead atoms. The van der Waals surface area contributed by atoms with Gasteiger partial charge in [0.2, 0.25) is 11.8 Å². The number of hydrazine groups is 1. The molecule has 0 spiro atoms. The number of nitrogens with one attached hydrogen (secondary N) is 3. The second kappa shape index (κ2) is 9.57. The molecule has 1 saturated carbocycles. The normalized spacial score (nSPS) is 18.7. The third-order valence-corrected chi connectivity index (χ3v) is 5.59. The minimum Gasteiger partial charge on any atom is -0.360 e. The highest BCUT2D eigenvalue weighted by molar-refractivity contribution is 5.82. The van der Waals surface area contributed by atoms with Crippen LogP contribution >= 0.6 is 0 Å². The van der Waals surface area contributed by atoms with Crippen LogP contribution in [-0.2, 0) is 9.59 Å². The van der Waals surface area contributed by atoms with Gasteiger partial charge in [-0.1, -0.05) is 31.0 Å². The molecule has 0 radical (unpaired) electrons. The van der Waals surface area contributed by atoms with Crippen LogP contribution in [-0.4, -0.2) is 44.5 Å². The number of benzene rings is 1. The lowest BCUT2D eigenvalue weighted by atomic mass is 10.0. The Morgan fingerprint density at radius 3 is 2.35 bits per heavy atom. The molecule has 0 aromatic heterocycles. The molecule has 0 unspecified atom stereocenters. The van der Waals surface area contributed by atoms with Crippen molar-refractivity contribution in [2.24, 2.45) is 5.92 Å². The van der Waals surface area contributed by atoms with Gasteiger partial charge in [0, 0.05) is 12.1 Å². The highest BCUT2D eigenvalue weighted by Crippen LogP contribution is 2.27. The molecule has 26 heavy (non-hydrogen) atoms. The van der Waals surface area contributed by atoms with Crippen LogP contribution in [0.1, 0.15) is 38.5 Å². The van der Waals surface area contributed by atoms with Crippen molar-refractivity contribution in [2.75, 3.05) is 37.6 Å². The van der Waals surface area contributed by atoms with Crippen LogP contribution < -0.4 is 20.7 Å². The first-order valence-electron chi connectivity index (χ1n) is 9.92. The minimum atomic E-state index is -0.0947. The second-order valence-electron chi connectivity index (χ2n) is 7.52. The van der Waals surface area contributed by atoms with Crippen LogP contribution in [0.4, 0.5) is 5.69 Å². The zero-order valence-corrected chi connectivity index (χ0v) is 15.5. The monoisotopic (exact) mass is 359 g/mol. The van der Waals surface area contributed by atoms with E-state index in [2.05, 4.69) is 40.0 Å². The molecule has 6 heteroatoms. The molecule has 3 rings (SSSR count). The molecule has 1 aromatic rings. The summed E-state index contributed by atoms with van der Waals surface area (Å²) < 4.78 is 0. The molecule has 2 aliphatic rings. The van der Waals surface area contributed by atoms with Crippen LogP contribution in [0.3, 0.4) is 0 Å². The number of para-hydroxylation sites is 1. The zero-order valence-electron chi connectivity index (χ0n) is 15.5. The van der Waals surface area contributed by atoms with Gasteiger partial charge in [0.05, 0.1) is 39.1 Å². The number of rotatable bonds is 6. The molecule has 1 saturated heterocycles. The van der Waals surface area contributed by atoms with Crippen molar-refractivity contribution in [3.63, 3.8) is 0 Å². The largest absolute Gasteiger partial charge is 0.360 e. The van der Waals surface area contributed by atoms with Gasteiger partial charge in [-0.25, -0.2) is 0 Å². The maximum Gasteiger partial charge on any atom is 0.244 e. The first-order valence-corrected chi connectivity index (χ1v) is 9.92. The fourth-order valence-corrected chi connectivity index (χ4v) is 3.99. The summed E-state index contributed by atoms with van der Waals surface area (Å²) in [5, 5.41) is 0. The quantitative estimate of drug-likeness (QED) is 0.649. The van der Waals surface area contributed by atoms with E-state index in [9.17, 15) is 9.59 Å². The average Bonchev–Trinajstić information content (AvgIpc) is 3.19. The number of piperazine rings is 1. The van der Waals surface area contributed by atoms with Gasteiger partial charge < -0.3 is 9.80 Å². The van der Waals surface area contributed by atoms with E-state index in [0.29, 0.717) is 18.8 Å². The van der Waals surface area contributed by atoms with Gasteiger partial charge >= 0.3 is 0 Å². The smallest absolute Gasteiger partial charge is 0.244 e. The minimum absolute atomic E-state index is 0.0610. The standard InChI is InChI=1S/C20H30N4O2/c25-19(21-22-20(26)16-17-6-4-5-7-17)10-11-23-12-14-24(15-13-23)18-8-2-1-3-9-18/h1-3,8-9,17H,4-7,10-16H2,(H,21,25)(H,22,26)/p+1. The Balaban J connectivity index is 1.28. The number of carbonyl (C=O) groups is 2. The van der Waals surface area contributed by atoms with Gasteiger partial charge in [0.15, 0.2) is 0 Å². The number of quaternary nitrogens is 1. The summed E-state index contributed by atoms with van der Waals surface area (Å²) in [4.78, 5) is 27.7. The fraction of sp³-hybridized carbons (Fsp3) is 0.600. The predicted octanol–water partition coefficient (Wildman–Crippen LogP) is 0.509. The molecule has 1 aliphatic heterocycles. The Bertz CT molecular complexity index is 579. The highest BCUT2D eigenvalue weighted by Gasteiger charge is 2.21. The number of amides is 2. The highest BCUT2D eigenvalue weighted by atomic mass is 16.2. The van der Waals surface area contributed by atoms with Crippen LogP contribution in [0.15, 0.2) is 30.3 Å². The first-order chi connectivity index (χ1) is 12.7. The van der Waals surface area contributed by atoms with Gasteiger partial charge in [-0.3, -0.25) is 20.4 Å². The van der Waals surface area contributed by atoms with E-state index in [1.165, 1.54) is 23.4 Å². The van der Waals surface area contributed by atoms with Crippen LogP contribution in [0.5, 0.6) is 0 Å². The fourth-order valence-electron chi connectivity index (χ4n) is 3.99. The van der Waals surface area contributed by atoms with Crippen LogP contribution in [0, 0.1) is 5.92 Å². The molecule has 1 heterocycles. The zero-order chi connectivity index (χ0) is 18.2. The second-order valence-corrected chi connectivity index (χ2v) is 7.52. The van der Waals surface area contributed by atoms with E-state index in [0.717, 1.165) is 45.6 Å². The lowest BCUT2D eigenvalue weighted by Gasteiger charge is -2.33. The molecule has 2 fully saturated rings. The summed E-state index contributed by atoms with van der Waals surface area (Å²) in [5.41, 5.74) is 6.41. The molecule has 3 N–H and O–H groups in total. The SMILES string of the molecule is O=C(CC[NH+]1CCN(c2ccccc2)CC1)NNC(=O)CC1CCCC1. The molecular formula is C20H31N4O2+. The van der Waals surface area contributed by atoms with E-state index in [1.807, 2.05) is 6.07 Å². The number of hydrogen-bond acceptors (Lipinski definition) is 3. The van der Waals surface area contributed by atoms with Crippen molar-refractivity contribution < 1.29 is 14.5 Å². The Morgan fingerprint density at radius 2 is 1.65 bits per heavy atom. The molecular weight excluding hydrogens is 328 g/mol. The lowest BCUT2D eigenvalue weighted by Crippen LogP contribution is -3.15. The average molecular weight is 359 g/mol. The molecule has 142 valence electrons. The summed E-state index contributed by atoms with van der Waals surface area (Å²) in [6.07, 6.45) is 5.71. The summed E-state index contributed by atoms with van der Waals surface area (Å²) in [5.74, 6) is 0.342. The van der Waals surface area contributed by atoms with Crippen molar-refractivity contribution in [2.45, 2.75) is 38.5 Å². The van der Waals surface area contributed by atoms with E-state index in [4.69, 9.17) is 0 Å². The van der Waals surface area contributed by atoms with Crippen molar-refractivity contribution in [3.8, 4) is 0 Å². The van der Waals surface area contributed by atoms with E-state index in [1.54, 1.807) is 0 Å². The predicted molar refractivity (Wildman–Crippen MR) is 102 cm³/mol. The Labute approximate surface area is 155 Å². The molecule has 1 aromatic carbocycles. The third-order valence-electron chi connectivity index (χ3n) is 5.59. The topological polar surface area (TPSA) is 65.9 Å². The lowest BCUT2D eigenvalue weighted by molar-refractivity contribution is -0.900. The molecule has 6 nitrogen and oxygen atoms in total. The van der Waals surface area contributed by atoms with Gasteiger partial charge in [-0.2, -0.15) is 0 Å². The van der Waals surface area contributed by atoms with Crippen molar-refractivity contribution >= 4 is 17.5 Å². The van der Waals surface area contributed by atoms with Crippen molar-refractivity contribution in [1.82, 2.24) is 10.9 Å². The Morgan fingerprint density at radius 1 is 1.00 bits per heavy atom. The number of nitrogens with zero attached hydrogens (tertiary/aromatic N) is 1. The van der Waals surface area contributed by atoms with Gasteiger partial charge in [-0.15, -0.1) is 0 Å². The van der Waals surface area contributed by atoms with Gasteiger partial charge in [0.1, 0.15) is 0 Å². The maximum atomic E-state index is 12.0. The molecule has 1 aliphatic carbocycles. The van der Waals surface area contributed by atoms with Crippen LogP contribution in [0.2, 0.25) is 0 Å². The van der Waals surface area contributed by atoms with E-state index < -0.39 is 0 Å². The van der Waals surface area contributed by atoms with Crippen molar-refractivity contribution in [1.29, 1.82) is 0 Å². The van der Waals surface area contributed by atoms with Crippen molar-refractivity contribution in [3.05, 3.63) is 30.3 Å². The first kappa shape index (κ1) is 18.7. The molecule has 2 amide bonds. The van der Waals surface area contributed by atoms with Crippen LogP contribution in [0.25, 0.3) is 0 Å². The number of carbonyl (C=O) groups excluding carboxylic acids is 2. The summed E-state index contributed by atoms with van der Waals surface area (Å²) in [7, 11) is 0. The third kappa shape index (κ3) is 5.73.